The Hall–Kier alpha value is -3.26. The molecule has 4 amide bonds. The number of para-hydroxylation sites is 1. The number of ether oxygens (including phenoxy) is 1. The molecule has 0 aliphatic rings. The van der Waals surface area contributed by atoms with Crippen molar-refractivity contribution in [1.82, 2.24) is 0 Å². The lowest BCUT2D eigenvalue weighted by atomic mass is 10.1. The Balaban J connectivity index is 0.000000230. The second kappa shape index (κ2) is 15.3. The molecule has 0 saturated heterocycles. The van der Waals surface area contributed by atoms with Crippen molar-refractivity contribution < 1.29 is 24.5 Å². The molecule has 220 valence electrons. The largest absolute Gasteiger partial charge is 0.506 e. The SMILES string of the molecule is COc1cccc(NC(=O)Nc2cc(Br)c(O)c(Br)c2)c1.Cc1cccc(C)c1NC(=O)Nc1cc(Br)c(O)c(Br)c1. The number of benzene rings is 4. The fourth-order valence-corrected chi connectivity index (χ4v) is 5.93. The van der Waals surface area contributed by atoms with Gasteiger partial charge in [-0.25, -0.2) is 9.59 Å². The van der Waals surface area contributed by atoms with Gasteiger partial charge in [-0.2, -0.15) is 0 Å². The van der Waals surface area contributed by atoms with Gasteiger partial charge in [0, 0.05) is 28.8 Å². The maximum absolute atomic E-state index is 12.1. The number of anilines is 4. The van der Waals surface area contributed by atoms with Gasteiger partial charge in [0.1, 0.15) is 17.2 Å². The van der Waals surface area contributed by atoms with Crippen LogP contribution in [-0.2, 0) is 0 Å². The summed E-state index contributed by atoms with van der Waals surface area (Å²) < 4.78 is 7.05. The maximum atomic E-state index is 12.1. The molecule has 9 nitrogen and oxygen atoms in total. The standard InChI is InChI=1S/C15H14Br2N2O2.C14H12Br2N2O3/c1-8-4-3-5-9(2)13(8)19-15(21)18-10-6-11(16)14(20)12(17)7-10;1-21-10-4-2-3-8(5-10)17-14(20)18-9-6-11(15)13(19)12(16)7-9/h3-7,20H,1-2H3,(H2,18,19,21);2-7,19H,1H3,(H2,17,18,20). The van der Waals surface area contributed by atoms with E-state index in [9.17, 15) is 19.8 Å². The molecule has 13 heteroatoms. The van der Waals surface area contributed by atoms with E-state index >= 15 is 0 Å². The topological polar surface area (TPSA) is 132 Å². The zero-order chi connectivity index (χ0) is 31.0. The van der Waals surface area contributed by atoms with E-state index in [1.807, 2.05) is 32.0 Å². The summed E-state index contributed by atoms with van der Waals surface area (Å²) in [7, 11) is 1.56. The molecule has 6 N–H and O–H groups in total. The van der Waals surface area contributed by atoms with E-state index in [-0.39, 0.29) is 17.5 Å². The van der Waals surface area contributed by atoms with E-state index < -0.39 is 6.03 Å². The van der Waals surface area contributed by atoms with Crippen molar-refractivity contribution in [2.45, 2.75) is 13.8 Å². The number of rotatable bonds is 5. The van der Waals surface area contributed by atoms with E-state index in [0.29, 0.717) is 40.7 Å². The van der Waals surface area contributed by atoms with Crippen LogP contribution in [0.15, 0.2) is 84.6 Å². The van der Waals surface area contributed by atoms with Gasteiger partial charge in [0.15, 0.2) is 0 Å². The normalized spacial score (nSPS) is 10.2. The predicted molar refractivity (Wildman–Crippen MR) is 181 cm³/mol. The van der Waals surface area contributed by atoms with Crippen LogP contribution in [0.3, 0.4) is 0 Å². The van der Waals surface area contributed by atoms with Gasteiger partial charge in [-0.1, -0.05) is 24.3 Å². The maximum Gasteiger partial charge on any atom is 0.323 e. The van der Waals surface area contributed by atoms with Crippen molar-refractivity contribution in [3.05, 3.63) is 95.7 Å². The first kappa shape index (κ1) is 33.2. The minimum Gasteiger partial charge on any atom is -0.506 e. The highest BCUT2D eigenvalue weighted by atomic mass is 79.9. The first-order valence-corrected chi connectivity index (χ1v) is 15.3. The lowest BCUT2D eigenvalue weighted by Crippen LogP contribution is -2.20. The molecular weight excluding hydrogens is 804 g/mol. The zero-order valence-electron chi connectivity index (χ0n) is 22.5. The third kappa shape index (κ3) is 9.38. The van der Waals surface area contributed by atoms with Crippen molar-refractivity contribution >= 4 is 98.5 Å². The van der Waals surface area contributed by atoms with Crippen LogP contribution in [0.5, 0.6) is 17.2 Å². The van der Waals surface area contributed by atoms with Crippen LogP contribution in [0.2, 0.25) is 0 Å². The average Bonchev–Trinajstić information content (AvgIpc) is 2.93. The lowest BCUT2D eigenvalue weighted by Gasteiger charge is -2.13. The van der Waals surface area contributed by atoms with Gasteiger partial charge in [0.05, 0.1) is 25.0 Å². The number of urea groups is 2. The van der Waals surface area contributed by atoms with Crippen LogP contribution in [0.4, 0.5) is 32.3 Å². The van der Waals surface area contributed by atoms with E-state index in [0.717, 1.165) is 16.8 Å². The molecule has 42 heavy (non-hydrogen) atoms. The molecule has 0 saturated carbocycles. The Bertz CT molecular complexity index is 1550. The van der Waals surface area contributed by atoms with Crippen LogP contribution >= 0.6 is 63.7 Å². The summed E-state index contributed by atoms with van der Waals surface area (Å²) in [4.78, 5) is 24.0. The number of hydrogen-bond donors (Lipinski definition) is 6. The number of aryl methyl sites for hydroxylation is 2. The number of aromatic hydroxyl groups is 2. The summed E-state index contributed by atoms with van der Waals surface area (Å²) in [5.74, 6) is 0.826. The number of hydrogen-bond acceptors (Lipinski definition) is 5. The third-order valence-electron chi connectivity index (χ3n) is 5.60. The first-order chi connectivity index (χ1) is 19.9. The molecule has 0 radical (unpaired) electrons. The van der Waals surface area contributed by atoms with Crippen LogP contribution in [0.1, 0.15) is 11.1 Å². The summed E-state index contributed by atoms with van der Waals surface area (Å²) in [6.07, 6.45) is 0. The molecule has 4 aromatic rings. The molecule has 0 atom stereocenters. The molecule has 0 aromatic heterocycles. The monoisotopic (exact) mass is 826 g/mol. The van der Waals surface area contributed by atoms with E-state index in [2.05, 4.69) is 85.0 Å². The van der Waals surface area contributed by atoms with Gasteiger partial charge in [-0.3, -0.25) is 0 Å². The Morgan fingerprint density at radius 1 is 0.619 bits per heavy atom. The number of phenols is 2. The number of carbonyl (C=O) groups is 2. The van der Waals surface area contributed by atoms with Crippen molar-refractivity contribution in [3.8, 4) is 17.2 Å². The van der Waals surface area contributed by atoms with Crippen LogP contribution < -0.4 is 26.0 Å². The van der Waals surface area contributed by atoms with Gasteiger partial charge < -0.3 is 36.2 Å². The molecule has 0 aliphatic heterocycles. The van der Waals surface area contributed by atoms with Gasteiger partial charge in [-0.05, 0) is 125 Å². The molecule has 0 spiro atoms. The Kier molecular flexibility index (Phi) is 12.1. The second-order valence-corrected chi connectivity index (χ2v) is 12.2. The summed E-state index contributed by atoms with van der Waals surface area (Å²) >= 11 is 12.9. The molecule has 0 heterocycles. The van der Waals surface area contributed by atoms with Crippen molar-refractivity contribution in [1.29, 1.82) is 0 Å². The minimum atomic E-state index is -0.396. The lowest BCUT2D eigenvalue weighted by molar-refractivity contribution is 0.261. The molecule has 0 unspecified atom stereocenters. The second-order valence-electron chi connectivity index (χ2n) is 8.73. The fraction of sp³-hybridized carbons (Fsp3) is 0.103. The van der Waals surface area contributed by atoms with E-state index in [1.54, 1.807) is 55.6 Å². The summed E-state index contributed by atoms with van der Waals surface area (Å²) in [5.41, 5.74) is 4.51. The smallest absolute Gasteiger partial charge is 0.323 e. The van der Waals surface area contributed by atoms with Crippen molar-refractivity contribution in [2.75, 3.05) is 28.4 Å². The highest BCUT2D eigenvalue weighted by Gasteiger charge is 2.11. The fourth-order valence-electron chi connectivity index (χ4n) is 3.56. The summed E-state index contributed by atoms with van der Waals surface area (Å²) in [6.45, 7) is 3.88. The van der Waals surface area contributed by atoms with Crippen LogP contribution in [0, 0.1) is 13.8 Å². The number of phenolic OH excluding ortho intramolecular Hbond substituents is 2. The van der Waals surface area contributed by atoms with Crippen LogP contribution in [-0.4, -0.2) is 29.4 Å². The van der Waals surface area contributed by atoms with Gasteiger partial charge in [0.2, 0.25) is 0 Å². The van der Waals surface area contributed by atoms with Crippen molar-refractivity contribution in [2.24, 2.45) is 0 Å². The third-order valence-corrected chi connectivity index (χ3v) is 8.01. The molecule has 0 bridgehead atoms. The molecule has 4 aromatic carbocycles. The van der Waals surface area contributed by atoms with Gasteiger partial charge in [0.25, 0.3) is 0 Å². The molecule has 4 rings (SSSR count). The molecule has 0 fully saturated rings. The minimum absolute atomic E-state index is 0.0775. The Morgan fingerprint density at radius 2 is 1.02 bits per heavy atom. The summed E-state index contributed by atoms with van der Waals surface area (Å²) in [5, 5.41) is 30.2. The zero-order valence-corrected chi connectivity index (χ0v) is 28.8. The first-order valence-electron chi connectivity index (χ1n) is 12.1. The highest BCUT2D eigenvalue weighted by Crippen LogP contribution is 2.36. The molecule has 0 aliphatic carbocycles. The number of carbonyl (C=O) groups excluding carboxylic acids is 2. The number of nitrogens with one attached hydrogen (secondary N) is 4. The Labute approximate surface area is 276 Å². The number of methoxy groups -OCH3 is 1. The van der Waals surface area contributed by atoms with Crippen LogP contribution in [0.25, 0.3) is 0 Å². The molecular formula is C29H26Br4N4O5. The predicted octanol–water partition coefficient (Wildman–Crippen LogP) is 9.75. The summed E-state index contributed by atoms with van der Waals surface area (Å²) in [6, 6.07) is 18.6. The number of halogens is 4. The van der Waals surface area contributed by atoms with Gasteiger partial charge >= 0.3 is 12.1 Å². The van der Waals surface area contributed by atoms with Gasteiger partial charge in [-0.15, -0.1) is 0 Å². The Morgan fingerprint density at radius 3 is 1.48 bits per heavy atom. The quantitative estimate of drug-likeness (QED) is 0.112. The van der Waals surface area contributed by atoms with E-state index in [4.69, 9.17) is 4.74 Å². The van der Waals surface area contributed by atoms with Crippen molar-refractivity contribution in [3.63, 3.8) is 0 Å². The van der Waals surface area contributed by atoms with E-state index in [1.165, 1.54) is 0 Å². The number of amides is 4. The average molecular weight is 830 g/mol. The highest BCUT2D eigenvalue weighted by molar-refractivity contribution is 9.11.